The summed E-state index contributed by atoms with van der Waals surface area (Å²) in [4.78, 5) is 2.67. The second kappa shape index (κ2) is 6.41. The molecule has 84 valence electrons. The maximum atomic E-state index is 5.86. The summed E-state index contributed by atoms with van der Waals surface area (Å²) in [7, 11) is 0. The third-order valence-corrected chi connectivity index (χ3v) is 3.51. The van der Waals surface area contributed by atoms with E-state index in [2.05, 4.69) is 18.7 Å². The summed E-state index contributed by atoms with van der Waals surface area (Å²) in [5, 5.41) is 0. The number of likely N-dealkylation sites (tertiary alicyclic amines) is 1. The van der Waals surface area contributed by atoms with Gasteiger partial charge in [-0.05, 0) is 32.2 Å². The second-order valence-corrected chi connectivity index (χ2v) is 4.47. The fraction of sp³-hybridized carbons (Fsp3) is 1.00. The lowest BCUT2D eigenvalue weighted by atomic mass is 9.96. The van der Waals surface area contributed by atoms with Crippen molar-refractivity contribution in [2.45, 2.75) is 64.5 Å². The minimum atomic E-state index is 0.644. The zero-order valence-electron chi connectivity index (χ0n) is 9.84. The lowest BCUT2D eigenvalue weighted by molar-refractivity contribution is 0.0899. The normalized spacial score (nSPS) is 26.4. The minimum Gasteiger partial charge on any atom is -0.329 e. The van der Waals surface area contributed by atoms with Crippen LogP contribution in [0.1, 0.15) is 52.4 Å². The van der Waals surface area contributed by atoms with Gasteiger partial charge in [0.25, 0.3) is 0 Å². The van der Waals surface area contributed by atoms with Crippen LogP contribution in [0.15, 0.2) is 0 Å². The minimum absolute atomic E-state index is 0.644. The van der Waals surface area contributed by atoms with Crippen molar-refractivity contribution in [2.24, 2.45) is 5.73 Å². The van der Waals surface area contributed by atoms with Crippen molar-refractivity contribution in [3.8, 4) is 0 Å². The van der Waals surface area contributed by atoms with Crippen LogP contribution in [0.2, 0.25) is 0 Å². The molecule has 1 fully saturated rings. The Morgan fingerprint density at radius 3 is 2.71 bits per heavy atom. The summed E-state index contributed by atoms with van der Waals surface area (Å²) < 4.78 is 0. The fourth-order valence-electron chi connectivity index (χ4n) is 2.69. The molecule has 0 aromatic carbocycles. The first-order chi connectivity index (χ1) is 6.83. The van der Waals surface area contributed by atoms with Gasteiger partial charge in [-0.15, -0.1) is 0 Å². The predicted molar refractivity (Wildman–Crippen MR) is 62.4 cm³/mol. The first kappa shape index (κ1) is 12.0. The molecule has 0 aromatic rings. The monoisotopic (exact) mass is 198 g/mol. The van der Waals surface area contributed by atoms with E-state index in [1.165, 1.54) is 45.1 Å². The molecule has 2 nitrogen and oxygen atoms in total. The topological polar surface area (TPSA) is 29.3 Å². The zero-order chi connectivity index (χ0) is 10.4. The Kier molecular flexibility index (Phi) is 5.49. The molecule has 0 aliphatic carbocycles. The highest BCUT2D eigenvalue weighted by Crippen LogP contribution is 2.23. The highest BCUT2D eigenvalue weighted by atomic mass is 15.2. The van der Waals surface area contributed by atoms with Gasteiger partial charge in [-0.2, -0.15) is 0 Å². The fourth-order valence-corrected chi connectivity index (χ4v) is 2.69. The predicted octanol–water partition coefficient (Wildman–Crippen LogP) is 2.38. The molecule has 0 aromatic heterocycles. The molecule has 2 N–H and O–H groups in total. The van der Waals surface area contributed by atoms with Crippen LogP contribution in [-0.2, 0) is 0 Å². The molecule has 0 saturated carbocycles. The van der Waals surface area contributed by atoms with Gasteiger partial charge in [0.05, 0.1) is 0 Å². The van der Waals surface area contributed by atoms with Crippen LogP contribution in [0.25, 0.3) is 0 Å². The molecule has 1 aliphatic heterocycles. The van der Waals surface area contributed by atoms with E-state index in [9.17, 15) is 0 Å². The Hall–Kier alpha value is -0.0800. The molecule has 0 spiro atoms. The Morgan fingerprint density at radius 2 is 2.14 bits per heavy atom. The van der Waals surface area contributed by atoms with Gasteiger partial charge in [0.2, 0.25) is 0 Å². The maximum absolute atomic E-state index is 5.86. The maximum Gasteiger partial charge on any atom is 0.0221 e. The van der Waals surface area contributed by atoms with Crippen LogP contribution in [0, 0.1) is 0 Å². The molecule has 2 heteroatoms. The van der Waals surface area contributed by atoms with Crippen LogP contribution in [-0.4, -0.2) is 30.1 Å². The third kappa shape index (κ3) is 2.96. The first-order valence-electron chi connectivity index (χ1n) is 6.29. The van der Waals surface area contributed by atoms with Crippen LogP contribution in [0.5, 0.6) is 0 Å². The standard InChI is InChI=1S/C12H26N2/c1-3-7-12(10-13)14-9-6-5-8-11(14)4-2/h11-12H,3-10,13H2,1-2H3. The lowest BCUT2D eigenvalue weighted by Crippen LogP contribution is -2.49. The van der Waals surface area contributed by atoms with Crippen molar-refractivity contribution in [3.05, 3.63) is 0 Å². The van der Waals surface area contributed by atoms with E-state index in [-0.39, 0.29) is 0 Å². The van der Waals surface area contributed by atoms with Crippen LogP contribution in [0.4, 0.5) is 0 Å². The third-order valence-electron chi connectivity index (χ3n) is 3.51. The Bertz CT molecular complexity index is 147. The van der Waals surface area contributed by atoms with Gasteiger partial charge >= 0.3 is 0 Å². The largest absolute Gasteiger partial charge is 0.329 e. The molecule has 1 rings (SSSR count). The summed E-state index contributed by atoms with van der Waals surface area (Å²) in [5.74, 6) is 0. The van der Waals surface area contributed by atoms with Crippen LogP contribution >= 0.6 is 0 Å². The Morgan fingerprint density at radius 1 is 1.36 bits per heavy atom. The quantitative estimate of drug-likeness (QED) is 0.735. The van der Waals surface area contributed by atoms with Crippen LogP contribution in [0.3, 0.4) is 0 Å². The molecule has 2 unspecified atom stereocenters. The van der Waals surface area contributed by atoms with E-state index >= 15 is 0 Å². The molecule has 1 saturated heterocycles. The molecule has 0 radical (unpaired) electrons. The Balaban J connectivity index is 2.51. The molecule has 2 atom stereocenters. The van der Waals surface area contributed by atoms with Gasteiger partial charge in [-0.25, -0.2) is 0 Å². The molecule has 1 heterocycles. The smallest absolute Gasteiger partial charge is 0.0221 e. The number of nitrogens with zero attached hydrogens (tertiary/aromatic N) is 1. The molecule has 0 bridgehead atoms. The van der Waals surface area contributed by atoms with E-state index in [0.717, 1.165) is 12.6 Å². The van der Waals surface area contributed by atoms with Crippen molar-refractivity contribution >= 4 is 0 Å². The average Bonchev–Trinajstić information content (AvgIpc) is 2.26. The summed E-state index contributed by atoms with van der Waals surface area (Å²) >= 11 is 0. The summed E-state index contributed by atoms with van der Waals surface area (Å²) in [6.45, 7) is 6.68. The molecule has 14 heavy (non-hydrogen) atoms. The van der Waals surface area contributed by atoms with Gasteiger partial charge in [0.15, 0.2) is 0 Å². The van der Waals surface area contributed by atoms with Crippen molar-refractivity contribution in [2.75, 3.05) is 13.1 Å². The zero-order valence-corrected chi connectivity index (χ0v) is 9.84. The molecule has 1 aliphatic rings. The highest BCUT2D eigenvalue weighted by molar-refractivity contribution is 4.82. The van der Waals surface area contributed by atoms with Crippen molar-refractivity contribution in [1.29, 1.82) is 0 Å². The summed E-state index contributed by atoms with van der Waals surface area (Å²) in [6, 6.07) is 1.45. The van der Waals surface area contributed by atoms with E-state index < -0.39 is 0 Å². The second-order valence-electron chi connectivity index (χ2n) is 4.47. The molecule has 0 amide bonds. The van der Waals surface area contributed by atoms with Gasteiger partial charge in [0, 0.05) is 18.6 Å². The number of rotatable bonds is 5. The number of hydrogen-bond acceptors (Lipinski definition) is 2. The average molecular weight is 198 g/mol. The van der Waals surface area contributed by atoms with Gasteiger partial charge in [-0.3, -0.25) is 4.90 Å². The summed E-state index contributed by atoms with van der Waals surface area (Å²) in [5.41, 5.74) is 5.86. The van der Waals surface area contributed by atoms with Crippen LogP contribution < -0.4 is 5.73 Å². The van der Waals surface area contributed by atoms with Crippen molar-refractivity contribution in [1.82, 2.24) is 4.90 Å². The molecular weight excluding hydrogens is 172 g/mol. The van der Waals surface area contributed by atoms with Crippen molar-refractivity contribution in [3.63, 3.8) is 0 Å². The van der Waals surface area contributed by atoms with E-state index in [0.29, 0.717) is 6.04 Å². The SMILES string of the molecule is CCCC(CN)N1CCCCC1CC. The highest BCUT2D eigenvalue weighted by Gasteiger charge is 2.25. The van der Waals surface area contributed by atoms with E-state index in [1.807, 2.05) is 0 Å². The number of nitrogens with two attached hydrogens (primary N) is 1. The van der Waals surface area contributed by atoms with Gasteiger partial charge in [-0.1, -0.05) is 26.7 Å². The number of hydrogen-bond donors (Lipinski definition) is 1. The lowest BCUT2D eigenvalue weighted by Gasteiger charge is -2.40. The van der Waals surface area contributed by atoms with E-state index in [4.69, 9.17) is 5.73 Å². The first-order valence-corrected chi connectivity index (χ1v) is 6.29. The summed E-state index contributed by atoms with van der Waals surface area (Å²) in [6.07, 6.45) is 7.99. The van der Waals surface area contributed by atoms with Gasteiger partial charge < -0.3 is 5.73 Å². The Labute approximate surface area is 88.8 Å². The van der Waals surface area contributed by atoms with E-state index in [1.54, 1.807) is 0 Å². The molecular formula is C12H26N2. The van der Waals surface area contributed by atoms with Crippen molar-refractivity contribution < 1.29 is 0 Å². The number of piperidine rings is 1. The van der Waals surface area contributed by atoms with Gasteiger partial charge in [0.1, 0.15) is 0 Å².